The molecule has 1 aromatic heterocycles. The predicted molar refractivity (Wildman–Crippen MR) is 73.1 cm³/mol. The van der Waals surface area contributed by atoms with Crippen LogP contribution >= 0.6 is 11.3 Å². The van der Waals surface area contributed by atoms with E-state index in [0.717, 1.165) is 17.7 Å². The minimum Gasteiger partial charge on any atom is -0.477 e. The van der Waals surface area contributed by atoms with Crippen molar-refractivity contribution in [2.45, 2.75) is 39.3 Å². The molecule has 1 heterocycles. The van der Waals surface area contributed by atoms with E-state index < -0.39 is 5.97 Å². The highest BCUT2D eigenvalue weighted by atomic mass is 32.1. The molecular formula is C13H21NO3S. The van der Waals surface area contributed by atoms with Gasteiger partial charge in [-0.1, -0.05) is 13.8 Å². The van der Waals surface area contributed by atoms with Crippen LogP contribution in [0, 0.1) is 0 Å². The van der Waals surface area contributed by atoms with E-state index in [1.165, 1.54) is 11.3 Å². The molecule has 0 saturated carbocycles. The number of carboxylic acid groups (broad SMARTS) is 1. The highest BCUT2D eigenvalue weighted by molar-refractivity contribution is 7.13. The average molecular weight is 271 g/mol. The monoisotopic (exact) mass is 271 g/mol. The molecule has 0 saturated heterocycles. The van der Waals surface area contributed by atoms with Gasteiger partial charge in [0.05, 0.1) is 6.61 Å². The first-order valence-corrected chi connectivity index (χ1v) is 7.10. The van der Waals surface area contributed by atoms with Gasteiger partial charge in [0.2, 0.25) is 0 Å². The maximum Gasteiger partial charge on any atom is 0.345 e. The second-order valence-electron chi connectivity index (χ2n) is 4.24. The Morgan fingerprint density at radius 1 is 1.39 bits per heavy atom. The van der Waals surface area contributed by atoms with Crippen molar-refractivity contribution in [3.05, 3.63) is 21.9 Å². The topological polar surface area (TPSA) is 60.8 Å². The number of aromatic carboxylic acids is 1. The normalized spacial score (nSPS) is 11.4. The van der Waals surface area contributed by atoms with Gasteiger partial charge in [0.15, 0.2) is 0 Å². The lowest BCUT2D eigenvalue weighted by Gasteiger charge is -2.29. The number of aliphatic hydroxyl groups excluding tert-OH is 1. The standard InChI is InChI=1S/C13H21NO3S/c1-3-10(4-2)14(7-8-15)9-11-5-6-12(18-11)13(16)17/h5-6,10,15H,3-4,7-9H2,1-2H3,(H,16,17). The Morgan fingerprint density at radius 2 is 2.06 bits per heavy atom. The summed E-state index contributed by atoms with van der Waals surface area (Å²) in [5.74, 6) is -0.873. The molecule has 0 atom stereocenters. The fourth-order valence-corrected chi connectivity index (χ4v) is 2.97. The van der Waals surface area contributed by atoms with Crippen LogP contribution in [0.25, 0.3) is 0 Å². The SMILES string of the molecule is CCC(CC)N(CCO)Cc1ccc(C(=O)O)s1. The summed E-state index contributed by atoms with van der Waals surface area (Å²) in [6.45, 7) is 5.75. The quantitative estimate of drug-likeness (QED) is 0.762. The summed E-state index contributed by atoms with van der Waals surface area (Å²) in [5.41, 5.74) is 0. The summed E-state index contributed by atoms with van der Waals surface area (Å²) in [5, 5.41) is 18.0. The van der Waals surface area contributed by atoms with Gasteiger partial charge in [-0.2, -0.15) is 0 Å². The number of rotatable bonds is 8. The molecular weight excluding hydrogens is 250 g/mol. The van der Waals surface area contributed by atoms with E-state index in [1.54, 1.807) is 6.07 Å². The Bertz CT molecular complexity index is 374. The number of aliphatic hydroxyl groups is 1. The highest BCUT2D eigenvalue weighted by Gasteiger charge is 2.16. The number of thiophene rings is 1. The molecule has 0 unspecified atom stereocenters. The maximum atomic E-state index is 10.8. The maximum absolute atomic E-state index is 10.8. The Kier molecular flexibility index (Phi) is 6.32. The largest absolute Gasteiger partial charge is 0.477 e. The van der Waals surface area contributed by atoms with Crippen LogP contribution < -0.4 is 0 Å². The van der Waals surface area contributed by atoms with Crippen LogP contribution in [0.3, 0.4) is 0 Å². The van der Waals surface area contributed by atoms with Gasteiger partial charge in [-0.15, -0.1) is 11.3 Å². The van der Waals surface area contributed by atoms with E-state index in [-0.39, 0.29) is 6.61 Å². The predicted octanol–water partition coefficient (Wildman–Crippen LogP) is 2.43. The van der Waals surface area contributed by atoms with Crippen LogP contribution in [0.5, 0.6) is 0 Å². The van der Waals surface area contributed by atoms with Crippen molar-refractivity contribution in [3.63, 3.8) is 0 Å². The first-order valence-electron chi connectivity index (χ1n) is 6.29. The average Bonchev–Trinajstić information content (AvgIpc) is 2.79. The van der Waals surface area contributed by atoms with Crippen LogP contribution in [0.4, 0.5) is 0 Å². The number of carboxylic acids is 1. The van der Waals surface area contributed by atoms with Crippen molar-refractivity contribution < 1.29 is 15.0 Å². The molecule has 0 aliphatic rings. The molecule has 2 N–H and O–H groups in total. The van der Waals surface area contributed by atoms with E-state index in [0.29, 0.717) is 24.0 Å². The first-order chi connectivity index (χ1) is 8.62. The molecule has 0 aromatic carbocycles. The highest BCUT2D eigenvalue weighted by Crippen LogP contribution is 2.20. The van der Waals surface area contributed by atoms with Crippen molar-refractivity contribution in [1.29, 1.82) is 0 Å². The van der Waals surface area contributed by atoms with Gasteiger partial charge in [-0.25, -0.2) is 4.79 Å². The Morgan fingerprint density at radius 3 is 2.50 bits per heavy atom. The summed E-state index contributed by atoms with van der Waals surface area (Å²) >= 11 is 1.31. The zero-order valence-corrected chi connectivity index (χ0v) is 11.7. The molecule has 0 radical (unpaired) electrons. The van der Waals surface area contributed by atoms with Gasteiger partial charge in [0, 0.05) is 24.0 Å². The van der Waals surface area contributed by atoms with E-state index in [9.17, 15) is 4.79 Å². The summed E-state index contributed by atoms with van der Waals surface area (Å²) < 4.78 is 0. The zero-order chi connectivity index (χ0) is 13.5. The molecule has 18 heavy (non-hydrogen) atoms. The van der Waals surface area contributed by atoms with Gasteiger partial charge < -0.3 is 10.2 Å². The van der Waals surface area contributed by atoms with Crippen LogP contribution in [-0.4, -0.2) is 40.3 Å². The van der Waals surface area contributed by atoms with Crippen LogP contribution in [0.1, 0.15) is 41.2 Å². The van der Waals surface area contributed by atoms with Crippen molar-refractivity contribution in [3.8, 4) is 0 Å². The number of hydrogen-bond donors (Lipinski definition) is 2. The third-order valence-electron chi connectivity index (χ3n) is 3.08. The Balaban J connectivity index is 2.72. The summed E-state index contributed by atoms with van der Waals surface area (Å²) in [4.78, 5) is 14.5. The van der Waals surface area contributed by atoms with Crippen LogP contribution in [0.2, 0.25) is 0 Å². The fourth-order valence-electron chi connectivity index (χ4n) is 2.10. The molecule has 0 bridgehead atoms. The molecule has 102 valence electrons. The van der Waals surface area contributed by atoms with Gasteiger partial charge in [0.25, 0.3) is 0 Å². The molecule has 5 heteroatoms. The molecule has 4 nitrogen and oxygen atoms in total. The third-order valence-corrected chi connectivity index (χ3v) is 4.14. The van der Waals surface area contributed by atoms with E-state index >= 15 is 0 Å². The molecule has 1 rings (SSSR count). The van der Waals surface area contributed by atoms with Gasteiger partial charge in [-0.3, -0.25) is 4.90 Å². The van der Waals surface area contributed by atoms with E-state index in [2.05, 4.69) is 18.7 Å². The van der Waals surface area contributed by atoms with Gasteiger partial charge in [-0.05, 0) is 25.0 Å². The van der Waals surface area contributed by atoms with Gasteiger partial charge in [0.1, 0.15) is 4.88 Å². The summed E-state index contributed by atoms with van der Waals surface area (Å²) in [6, 6.07) is 3.94. The lowest BCUT2D eigenvalue weighted by atomic mass is 10.1. The lowest BCUT2D eigenvalue weighted by Crippen LogP contribution is -2.35. The van der Waals surface area contributed by atoms with Crippen LogP contribution in [-0.2, 0) is 6.54 Å². The van der Waals surface area contributed by atoms with E-state index in [1.807, 2.05) is 6.07 Å². The third kappa shape index (κ3) is 4.08. The molecule has 0 amide bonds. The first kappa shape index (κ1) is 15.1. The molecule has 0 spiro atoms. The second-order valence-corrected chi connectivity index (χ2v) is 5.40. The Hall–Kier alpha value is -0.910. The smallest absolute Gasteiger partial charge is 0.345 e. The molecule has 1 aromatic rings. The zero-order valence-electron chi connectivity index (χ0n) is 10.9. The van der Waals surface area contributed by atoms with Crippen molar-refractivity contribution in [1.82, 2.24) is 4.90 Å². The van der Waals surface area contributed by atoms with Gasteiger partial charge >= 0.3 is 5.97 Å². The number of carbonyl (C=O) groups is 1. The number of hydrogen-bond acceptors (Lipinski definition) is 4. The summed E-state index contributed by atoms with van der Waals surface area (Å²) in [7, 11) is 0. The molecule has 0 aliphatic carbocycles. The minimum atomic E-state index is -0.873. The summed E-state index contributed by atoms with van der Waals surface area (Å²) in [6.07, 6.45) is 2.07. The molecule has 0 fully saturated rings. The number of nitrogens with zero attached hydrogens (tertiary/aromatic N) is 1. The lowest BCUT2D eigenvalue weighted by molar-refractivity contribution is 0.0702. The van der Waals surface area contributed by atoms with Crippen molar-refractivity contribution in [2.75, 3.05) is 13.2 Å². The van der Waals surface area contributed by atoms with Crippen molar-refractivity contribution in [2.24, 2.45) is 0 Å². The minimum absolute atomic E-state index is 0.133. The molecule has 0 aliphatic heterocycles. The Labute approximate surface area is 112 Å². The van der Waals surface area contributed by atoms with Crippen molar-refractivity contribution >= 4 is 17.3 Å². The second kappa shape index (κ2) is 7.51. The van der Waals surface area contributed by atoms with Crippen LogP contribution in [0.15, 0.2) is 12.1 Å². The fraction of sp³-hybridized carbons (Fsp3) is 0.615. The van der Waals surface area contributed by atoms with E-state index in [4.69, 9.17) is 10.2 Å².